The lowest BCUT2D eigenvalue weighted by Crippen LogP contribution is -2.42. The lowest BCUT2D eigenvalue weighted by atomic mass is 10.2. The third kappa shape index (κ3) is 4.69. The van der Waals surface area contributed by atoms with E-state index in [0.29, 0.717) is 6.61 Å². The summed E-state index contributed by atoms with van der Waals surface area (Å²) >= 11 is 0. The Bertz CT molecular complexity index is 153. The fourth-order valence-corrected chi connectivity index (χ4v) is 2.70. The maximum atomic E-state index is 5.91. The maximum absolute atomic E-state index is 5.91. The van der Waals surface area contributed by atoms with Crippen LogP contribution in [-0.4, -0.2) is 27.6 Å². The van der Waals surface area contributed by atoms with Crippen molar-refractivity contribution in [1.82, 2.24) is 0 Å². The Morgan fingerprint density at radius 3 is 2.25 bits per heavy atom. The molecule has 0 spiro atoms. The molecule has 3 heteroatoms. The van der Waals surface area contributed by atoms with Crippen LogP contribution in [0.5, 0.6) is 0 Å². The zero-order chi connectivity index (χ0) is 9.83. The number of methoxy groups -OCH3 is 1. The van der Waals surface area contributed by atoms with Gasteiger partial charge in [-0.25, -0.2) is 0 Å². The minimum atomic E-state index is -1.67. The minimum Gasteiger partial charge on any atom is -0.406 e. The van der Waals surface area contributed by atoms with Crippen molar-refractivity contribution in [2.45, 2.75) is 32.5 Å². The van der Waals surface area contributed by atoms with Crippen molar-refractivity contribution >= 4 is 8.32 Å². The Hall–Kier alpha value is -0.123. The second kappa shape index (κ2) is 4.21. The molecule has 0 rings (SSSR count). The molecule has 0 saturated heterocycles. The highest BCUT2D eigenvalue weighted by Crippen LogP contribution is 2.18. The van der Waals surface area contributed by atoms with Crippen LogP contribution >= 0.6 is 0 Å². The largest absolute Gasteiger partial charge is 0.406 e. The van der Waals surface area contributed by atoms with Gasteiger partial charge in [0.1, 0.15) is 0 Å². The lowest BCUT2D eigenvalue weighted by Gasteiger charge is -2.32. The van der Waals surface area contributed by atoms with E-state index in [1.807, 2.05) is 19.5 Å². The fourth-order valence-electron chi connectivity index (χ4n) is 1.13. The van der Waals surface area contributed by atoms with Gasteiger partial charge in [0.05, 0.1) is 12.2 Å². The van der Waals surface area contributed by atoms with E-state index in [1.54, 1.807) is 7.11 Å². The number of hydrogen-bond acceptors (Lipinski definition) is 2. The topological polar surface area (TPSA) is 18.5 Å². The molecule has 0 aliphatic carbocycles. The van der Waals surface area contributed by atoms with Gasteiger partial charge in [-0.2, -0.15) is 0 Å². The van der Waals surface area contributed by atoms with Crippen LogP contribution in [0, 0.1) is 0 Å². The summed E-state index contributed by atoms with van der Waals surface area (Å²) in [7, 11) is 0.0220. The Morgan fingerprint density at radius 1 is 1.42 bits per heavy atom. The molecular weight excluding hydrogens is 168 g/mol. The van der Waals surface area contributed by atoms with Crippen LogP contribution in [0.1, 0.15) is 13.8 Å². The minimum absolute atomic E-state index is 0.196. The van der Waals surface area contributed by atoms with Gasteiger partial charge in [0.2, 0.25) is 8.32 Å². The zero-order valence-electron chi connectivity index (χ0n) is 8.81. The highest BCUT2D eigenvalue weighted by atomic mass is 28.4. The van der Waals surface area contributed by atoms with E-state index in [0.717, 1.165) is 0 Å². The Kier molecular flexibility index (Phi) is 4.17. The summed E-state index contributed by atoms with van der Waals surface area (Å²) in [5.74, 6) is 0. The van der Waals surface area contributed by atoms with Crippen LogP contribution in [0.3, 0.4) is 0 Å². The first-order chi connectivity index (χ1) is 5.33. The van der Waals surface area contributed by atoms with Crippen LogP contribution in [0.2, 0.25) is 13.1 Å². The Labute approximate surface area is 76.7 Å². The van der Waals surface area contributed by atoms with Gasteiger partial charge in [-0.3, -0.25) is 0 Å². The highest BCUT2D eigenvalue weighted by molar-refractivity contribution is 6.76. The average molecular weight is 188 g/mol. The third-order valence-corrected chi connectivity index (χ3v) is 3.58. The second-order valence-corrected chi connectivity index (χ2v) is 7.92. The van der Waals surface area contributed by atoms with Crippen molar-refractivity contribution in [3.63, 3.8) is 0 Å². The van der Waals surface area contributed by atoms with Crippen molar-refractivity contribution < 1.29 is 9.16 Å². The molecule has 2 nitrogen and oxygen atoms in total. The van der Waals surface area contributed by atoms with Crippen LogP contribution in [-0.2, 0) is 9.16 Å². The second-order valence-electron chi connectivity index (χ2n) is 4.10. The molecule has 0 bridgehead atoms. The first-order valence-electron chi connectivity index (χ1n) is 4.16. The van der Waals surface area contributed by atoms with E-state index in [4.69, 9.17) is 9.16 Å². The Morgan fingerprint density at radius 2 is 1.92 bits per heavy atom. The summed E-state index contributed by atoms with van der Waals surface area (Å²) in [6.45, 7) is 12.7. The fraction of sp³-hybridized carbons (Fsp3) is 0.778. The summed E-state index contributed by atoms with van der Waals surface area (Å²) < 4.78 is 11.0. The molecule has 0 aromatic heterocycles. The van der Waals surface area contributed by atoms with Crippen molar-refractivity contribution in [1.29, 1.82) is 0 Å². The summed E-state index contributed by atoms with van der Waals surface area (Å²) in [5, 5.41) is 0. The first-order valence-corrected chi connectivity index (χ1v) is 7.14. The SMILES string of the molecule is C=C[Si](C)(C)OC(C)(C)COC. The van der Waals surface area contributed by atoms with E-state index < -0.39 is 8.32 Å². The van der Waals surface area contributed by atoms with E-state index in [9.17, 15) is 0 Å². The van der Waals surface area contributed by atoms with Gasteiger partial charge in [-0.1, -0.05) is 5.70 Å². The van der Waals surface area contributed by atoms with Crippen molar-refractivity contribution in [2.24, 2.45) is 0 Å². The molecule has 12 heavy (non-hydrogen) atoms. The normalized spacial score (nSPS) is 13.1. The first kappa shape index (κ1) is 11.9. The molecular formula is C9H20O2Si. The van der Waals surface area contributed by atoms with Gasteiger partial charge < -0.3 is 9.16 Å². The van der Waals surface area contributed by atoms with Crippen molar-refractivity contribution in [3.8, 4) is 0 Å². The zero-order valence-corrected chi connectivity index (χ0v) is 9.81. The van der Waals surface area contributed by atoms with Gasteiger partial charge in [-0.15, -0.1) is 6.58 Å². The molecule has 0 radical (unpaired) electrons. The summed E-state index contributed by atoms with van der Waals surface area (Å²) in [6.07, 6.45) is 0. The average Bonchev–Trinajstić information content (AvgIpc) is 1.85. The van der Waals surface area contributed by atoms with E-state index in [-0.39, 0.29) is 5.60 Å². The quantitative estimate of drug-likeness (QED) is 0.617. The molecule has 0 aromatic carbocycles. The van der Waals surface area contributed by atoms with E-state index >= 15 is 0 Å². The molecule has 0 fully saturated rings. The molecule has 0 unspecified atom stereocenters. The monoisotopic (exact) mass is 188 g/mol. The number of ether oxygens (including phenoxy) is 1. The Balaban J connectivity index is 4.12. The third-order valence-electron chi connectivity index (χ3n) is 1.52. The maximum Gasteiger partial charge on any atom is 0.211 e. The standard InChI is InChI=1S/C9H20O2Si/c1-7-12(5,6)11-9(2,3)8-10-4/h7H,1,8H2,2-6H3. The van der Waals surface area contributed by atoms with Crippen molar-refractivity contribution in [3.05, 3.63) is 12.3 Å². The predicted octanol–water partition coefficient (Wildman–Crippen LogP) is 2.36. The summed E-state index contributed by atoms with van der Waals surface area (Å²) in [4.78, 5) is 0. The van der Waals surface area contributed by atoms with Gasteiger partial charge >= 0.3 is 0 Å². The molecule has 72 valence electrons. The van der Waals surface area contributed by atoms with Gasteiger partial charge in [0.25, 0.3) is 0 Å². The van der Waals surface area contributed by atoms with Gasteiger partial charge in [0.15, 0.2) is 0 Å². The van der Waals surface area contributed by atoms with E-state index in [2.05, 4.69) is 19.7 Å². The highest BCUT2D eigenvalue weighted by Gasteiger charge is 2.28. The van der Waals surface area contributed by atoms with Crippen LogP contribution in [0.4, 0.5) is 0 Å². The molecule has 0 N–H and O–H groups in total. The van der Waals surface area contributed by atoms with Crippen molar-refractivity contribution in [2.75, 3.05) is 13.7 Å². The van der Waals surface area contributed by atoms with Crippen LogP contribution in [0.15, 0.2) is 12.3 Å². The molecule has 0 aliphatic heterocycles. The summed E-state index contributed by atoms with van der Waals surface area (Å²) in [5.41, 5.74) is 1.74. The number of rotatable bonds is 5. The lowest BCUT2D eigenvalue weighted by molar-refractivity contribution is 0.0133. The predicted molar refractivity (Wildman–Crippen MR) is 54.7 cm³/mol. The smallest absolute Gasteiger partial charge is 0.211 e. The van der Waals surface area contributed by atoms with E-state index in [1.165, 1.54) is 0 Å². The molecule has 0 atom stereocenters. The molecule has 0 heterocycles. The van der Waals surface area contributed by atoms with Crippen LogP contribution in [0.25, 0.3) is 0 Å². The number of hydrogen-bond donors (Lipinski definition) is 0. The summed E-state index contributed by atoms with van der Waals surface area (Å²) in [6, 6.07) is 0. The molecule has 0 aliphatic rings. The molecule has 0 aromatic rings. The van der Waals surface area contributed by atoms with Gasteiger partial charge in [-0.05, 0) is 26.9 Å². The van der Waals surface area contributed by atoms with Gasteiger partial charge in [0, 0.05) is 7.11 Å². The molecule has 0 saturated carbocycles. The molecule has 0 amide bonds. The van der Waals surface area contributed by atoms with Crippen LogP contribution < -0.4 is 0 Å².